The molecule has 3 heterocycles. The molecule has 0 spiro atoms. The number of H-pyrrole nitrogens is 1. The number of hydrogen-bond acceptors (Lipinski definition) is 4. The fraction of sp³-hybridized carbons (Fsp3) is 0.381. The first kappa shape index (κ1) is 19.9. The molecule has 0 aliphatic carbocycles. The predicted octanol–water partition coefficient (Wildman–Crippen LogP) is 1.46. The number of fused-ring (bicyclic) bond motifs is 3. The Balaban J connectivity index is 1.61. The molecular formula is C21H23FN4O4. The van der Waals surface area contributed by atoms with E-state index in [1.807, 2.05) is 0 Å². The molecule has 9 heteroatoms. The van der Waals surface area contributed by atoms with Gasteiger partial charge in [-0.15, -0.1) is 0 Å². The van der Waals surface area contributed by atoms with Crippen molar-refractivity contribution >= 4 is 17.7 Å². The number of nitrogens with one attached hydrogen (secondary N) is 3. The number of rotatable bonds is 1. The summed E-state index contributed by atoms with van der Waals surface area (Å²) < 4.78 is 19.3. The Labute approximate surface area is 172 Å². The number of ether oxygens (including phenoxy) is 1. The van der Waals surface area contributed by atoms with Crippen LogP contribution in [0.3, 0.4) is 0 Å². The van der Waals surface area contributed by atoms with E-state index < -0.39 is 11.7 Å². The van der Waals surface area contributed by atoms with Gasteiger partial charge >= 0.3 is 0 Å². The predicted molar refractivity (Wildman–Crippen MR) is 106 cm³/mol. The molecule has 30 heavy (non-hydrogen) atoms. The smallest absolute Gasteiger partial charge is 0.270 e. The van der Waals surface area contributed by atoms with Crippen molar-refractivity contribution in [2.75, 3.05) is 19.7 Å². The minimum Gasteiger partial charge on any atom is -0.491 e. The van der Waals surface area contributed by atoms with Crippen LogP contribution in [0.1, 0.15) is 40.1 Å². The molecule has 8 nitrogen and oxygen atoms in total. The topological polar surface area (TPSA) is 104 Å². The number of hydrogen-bond donors (Lipinski definition) is 3. The highest BCUT2D eigenvalue weighted by Crippen LogP contribution is 2.28. The Morgan fingerprint density at radius 2 is 1.97 bits per heavy atom. The maximum absolute atomic E-state index is 13.7. The Kier molecular flexibility index (Phi) is 5.69. The summed E-state index contributed by atoms with van der Waals surface area (Å²) in [6.07, 6.45) is 3.15. The van der Waals surface area contributed by atoms with E-state index in [0.717, 1.165) is 6.07 Å². The molecule has 2 aliphatic rings. The van der Waals surface area contributed by atoms with Crippen molar-refractivity contribution in [2.24, 2.45) is 0 Å². The van der Waals surface area contributed by atoms with E-state index in [4.69, 9.17) is 4.74 Å². The van der Waals surface area contributed by atoms with Crippen molar-refractivity contribution < 1.29 is 23.5 Å². The average Bonchev–Trinajstić information content (AvgIpc) is 3.39. The van der Waals surface area contributed by atoms with Crippen LogP contribution in [0, 0.1) is 5.82 Å². The monoisotopic (exact) mass is 414 g/mol. The summed E-state index contributed by atoms with van der Waals surface area (Å²) in [5, 5.41) is 5.58. The minimum absolute atomic E-state index is 0.0789. The number of carbonyl (C=O) groups is 3. The highest BCUT2D eigenvalue weighted by Gasteiger charge is 2.38. The Morgan fingerprint density at radius 3 is 2.77 bits per heavy atom. The lowest BCUT2D eigenvalue weighted by atomic mass is 10.1. The van der Waals surface area contributed by atoms with Gasteiger partial charge < -0.3 is 25.3 Å². The maximum Gasteiger partial charge on any atom is 0.270 e. The second-order valence-electron chi connectivity index (χ2n) is 7.43. The van der Waals surface area contributed by atoms with Gasteiger partial charge in [-0.05, 0) is 43.2 Å². The number of amides is 3. The Morgan fingerprint density at radius 1 is 1.13 bits per heavy atom. The van der Waals surface area contributed by atoms with Crippen molar-refractivity contribution in [3.05, 3.63) is 53.6 Å². The van der Waals surface area contributed by atoms with E-state index in [0.29, 0.717) is 18.5 Å². The zero-order valence-electron chi connectivity index (χ0n) is 16.3. The molecule has 3 N–H and O–H groups in total. The molecule has 4 rings (SSSR count). The number of carbonyl (C=O) groups excluding carboxylic acids is 3. The standard InChI is InChI=1S/C21H23FN4O4/c22-13-3-6-18-16(10-13)20(28)25-12-15-5-4-14(11-19(27)24-8-9-30-18)26(15)21(29)17-2-1-7-23-17/h1-3,6-7,10,14-15,23H,4-5,8-9,11-12H2,(H,24,27)(H,25,28)/t14-,15+/m0/s1. The van der Waals surface area contributed by atoms with Crippen LogP contribution in [-0.2, 0) is 4.79 Å². The van der Waals surface area contributed by atoms with Crippen molar-refractivity contribution in [1.82, 2.24) is 20.5 Å². The van der Waals surface area contributed by atoms with Crippen molar-refractivity contribution in [3.63, 3.8) is 0 Å². The van der Waals surface area contributed by atoms with Gasteiger partial charge in [-0.1, -0.05) is 0 Å². The molecule has 1 fully saturated rings. The first-order valence-electron chi connectivity index (χ1n) is 9.96. The zero-order chi connectivity index (χ0) is 21.1. The summed E-state index contributed by atoms with van der Waals surface area (Å²) in [6.45, 7) is 0.563. The van der Waals surface area contributed by atoms with Crippen molar-refractivity contribution in [3.8, 4) is 5.75 Å². The quantitative estimate of drug-likeness (QED) is 0.657. The van der Waals surface area contributed by atoms with Crippen LogP contribution in [0.4, 0.5) is 4.39 Å². The molecule has 0 radical (unpaired) electrons. The van der Waals surface area contributed by atoms with E-state index in [1.165, 1.54) is 12.1 Å². The first-order chi connectivity index (χ1) is 14.5. The number of aromatic nitrogens is 1. The van der Waals surface area contributed by atoms with E-state index >= 15 is 0 Å². The Bertz CT molecular complexity index is 946. The van der Waals surface area contributed by atoms with Crippen LogP contribution in [0.2, 0.25) is 0 Å². The lowest BCUT2D eigenvalue weighted by Crippen LogP contribution is -2.48. The molecule has 2 aliphatic heterocycles. The van der Waals surface area contributed by atoms with Gasteiger partial charge in [0.05, 0.1) is 12.1 Å². The van der Waals surface area contributed by atoms with Gasteiger partial charge in [-0.25, -0.2) is 4.39 Å². The van der Waals surface area contributed by atoms with Crippen LogP contribution in [0.25, 0.3) is 0 Å². The van der Waals surface area contributed by atoms with Crippen LogP contribution in [0.5, 0.6) is 5.75 Å². The molecule has 1 saturated heterocycles. The largest absolute Gasteiger partial charge is 0.491 e. The third kappa shape index (κ3) is 4.14. The van der Waals surface area contributed by atoms with Crippen molar-refractivity contribution in [1.29, 1.82) is 0 Å². The molecule has 0 saturated carbocycles. The van der Waals surface area contributed by atoms with Gasteiger partial charge in [0.25, 0.3) is 11.8 Å². The van der Waals surface area contributed by atoms with Crippen LogP contribution in [0.15, 0.2) is 36.5 Å². The number of benzene rings is 1. The van der Waals surface area contributed by atoms with E-state index in [1.54, 1.807) is 23.2 Å². The third-order valence-corrected chi connectivity index (χ3v) is 5.47. The first-order valence-corrected chi connectivity index (χ1v) is 9.96. The fourth-order valence-corrected chi connectivity index (χ4v) is 4.04. The summed E-state index contributed by atoms with van der Waals surface area (Å²) in [6, 6.07) is 6.60. The maximum atomic E-state index is 13.7. The van der Waals surface area contributed by atoms with Crippen LogP contribution in [-0.4, -0.2) is 59.4 Å². The van der Waals surface area contributed by atoms with Gasteiger partial charge in [0.2, 0.25) is 5.91 Å². The average molecular weight is 414 g/mol. The molecule has 1 aromatic heterocycles. The van der Waals surface area contributed by atoms with Gasteiger partial charge in [0.1, 0.15) is 23.9 Å². The van der Waals surface area contributed by atoms with Crippen molar-refractivity contribution in [2.45, 2.75) is 31.3 Å². The second kappa shape index (κ2) is 8.56. The molecular weight excluding hydrogens is 391 g/mol. The van der Waals surface area contributed by atoms with Crippen LogP contribution >= 0.6 is 0 Å². The zero-order valence-corrected chi connectivity index (χ0v) is 16.3. The minimum atomic E-state index is -0.550. The molecule has 3 amide bonds. The summed E-state index contributed by atoms with van der Waals surface area (Å²) in [5.74, 6) is -1.16. The normalized spacial score (nSPS) is 22.4. The van der Waals surface area contributed by atoms with E-state index in [2.05, 4.69) is 15.6 Å². The lowest BCUT2D eigenvalue weighted by molar-refractivity contribution is -0.122. The molecule has 2 atom stereocenters. The van der Waals surface area contributed by atoms with Gasteiger partial charge in [-0.3, -0.25) is 14.4 Å². The molecule has 2 bridgehead atoms. The Hall–Kier alpha value is -3.36. The third-order valence-electron chi connectivity index (χ3n) is 5.47. The number of nitrogens with zero attached hydrogens (tertiary/aromatic N) is 1. The SMILES string of the molecule is O=C1C[C@@H]2CC[C@H](CNC(=O)c3cc(F)ccc3OCCN1)N2C(=O)c1ccc[nH]1. The molecule has 2 aromatic rings. The van der Waals surface area contributed by atoms with Gasteiger partial charge in [-0.2, -0.15) is 0 Å². The van der Waals surface area contributed by atoms with E-state index in [-0.39, 0.29) is 61.3 Å². The van der Waals surface area contributed by atoms with Gasteiger partial charge in [0.15, 0.2) is 0 Å². The highest BCUT2D eigenvalue weighted by molar-refractivity contribution is 5.97. The van der Waals surface area contributed by atoms with E-state index in [9.17, 15) is 18.8 Å². The summed E-state index contributed by atoms with van der Waals surface area (Å²) in [4.78, 5) is 42.8. The second-order valence-corrected chi connectivity index (χ2v) is 7.43. The fourth-order valence-electron chi connectivity index (χ4n) is 4.04. The molecule has 0 unspecified atom stereocenters. The lowest BCUT2D eigenvalue weighted by Gasteiger charge is -2.30. The highest BCUT2D eigenvalue weighted by atomic mass is 19.1. The summed E-state index contributed by atoms with van der Waals surface area (Å²) >= 11 is 0. The number of halogens is 1. The van der Waals surface area contributed by atoms with Gasteiger partial charge in [0, 0.05) is 31.2 Å². The molecule has 1 aromatic carbocycles. The molecule has 158 valence electrons. The number of aromatic amines is 1. The summed E-state index contributed by atoms with van der Waals surface area (Å²) in [7, 11) is 0. The van der Waals surface area contributed by atoms with Crippen LogP contribution < -0.4 is 15.4 Å². The summed E-state index contributed by atoms with van der Waals surface area (Å²) in [5.41, 5.74) is 0.510.